The lowest BCUT2D eigenvalue weighted by Crippen LogP contribution is -2.59. The quantitative estimate of drug-likeness (QED) is 0.206. The second-order valence-corrected chi connectivity index (χ2v) is 9.75. The van der Waals surface area contributed by atoms with Crippen molar-refractivity contribution in [2.24, 2.45) is 5.73 Å². The van der Waals surface area contributed by atoms with Gasteiger partial charge >= 0.3 is 6.03 Å². The van der Waals surface area contributed by atoms with Crippen LogP contribution in [0.15, 0.2) is 0 Å². The van der Waals surface area contributed by atoms with E-state index in [1.54, 1.807) is 6.26 Å². The molecule has 1 rings (SSSR count). The van der Waals surface area contributed by atoms with Gasteiger partial charge in [0.05, 0.1) is 17.5 Å². The van der Waals surface area contributed by atoms with Gasteiger partial charge < -0.3 is 31.9 Å². The molecular weight excluding hydrogens is 468 g/mol. The van der Waals surface area contributed by atoms with Crippen LogP contribution in [0.4, 0.5) is 4.79 Å². The van der Waals surface area contributed by atoms with E-state index in [0.717, 1.165) is 0 Å². The first kappa shape index (κ1) is 28.9. The van der Waals surface area contributed by atoms with Gasteiger partial charge in [0.1, 0.15) is 12.1 Å². The van der Waals surface area contributed by atoms with E-state index < -0.39 is 36.0 Å². The molecule has 0 radical (unpaired) electrons. The molecule has 0 bridgehead atoms. The zero-order valence-corrected chi connectivity index (χ0v) is 21.3. The van der Waals surface area contributed by atoms with E-state index in [1.807, 2.05) is 20.1 Å². The largest absolute Gasteiger partial charge is 0.368 e. The highest BCUT2D eigenvalue weighted by molar-refractivity contribution is 7.99. The van der Waals surface area contributed by atoms with Crippen molar-refractivity contribution < 1.29 is 24.0 Å². The van der Waals surface area contributed by atoms with Gasteiger partial charge in [-0.2, -0.15) is 23.5 Å². The summed E-state index contributed by atoms with van der Waals surface area (Å²) in [6.45, 7) is 4.29. The molecule has 6 amide bonds. The number of nitrogens with zero attached hydrogens (tertiary/aromatic N) is 1. The molecular formula is C20H36N6O5S2. The van der Waals surface area contributed by atoms with Gasteiger partial charge in [0.25, 0.3) is 0 Å². The molecule has 0 aliphatic carbocycles. The lowest BCUT2D eigenvalue weighted by atomic mass is 10.1. The van der Waals surface area contributed by atoms with Crippen molar-refractivity contribution in [2.45, 2.75) is 57.3 Å². The van der Waals surface area contributed by atoms with Crippen LogP contribution in [-0.2, 0) is 19.2 Å². The standard InChI is InChI=1S/C20H36N6O5S2/c1-12(2)23-20(31)25-13-7-9-26(16(28)11-33-4)17(13)19(30)24-14(18(21)29)6-5-8-22-15(27)10-32-3/h12-14,17H,5-11H2,1-4H3,(H2,21,29)(H,22,27)(H,24,30)(H2,23,25,31). The van der Waals surface area contributed by atoms with Crippen LogP contribution in [-0.4, -0.2) is 95.8 Å². The third kappa shape index (κ3) is 10.1. The summed E-state index contributed by atoms with van der Waals surface area (Å²) in [5.41, 5.74) is 5.48. The van der Waals surface area contributed by atoms with Crippen molar-refractivity contribution in [2.75, 3.05) is 37.1 Å². The third-order valence-electron chi connectivity index (χ3n) is 4.92. The molecule has 1 aliphatic heterocycles. The van der Waals surface area contributed by atoms with E-state index in [1.165, 1.54) is 28.4 Å². The maximum Gasteiger partial charge on any atom is 0.315 e. The zero-order valence-electron chi connectivity index (χ0n) is 19.6. The molecule has 13 heteroatoms. The van der Waals surface area contributed by atoms with E-state index in [9.17, 15) is 24.0 Å². The minimum absolute atomic E-state index is 0.0939. The minimum atomic E-state index is -0.960. The van der Waals surface area contributed by atoms with E-state index in [0.29, 0.717) is 31.7 Å². The molecule has 0 aromatic heterocycles. The van der Waals surface area contributed by atoms with Crippen LogP contribution in [0.5, 0.6) is 0 Å². The molecule has 6 N–H and O–H groups in total. The van der Waals surface area contributed by atoms with Gasteiger partial charge in [-0.3, -0.25) is 19.2 Å². The molecule has 33 heavy (non-hydrogen) atoms. The van der Waals surface area contributed by atoms with Gasteiger partial charge in [0.15, 0.2) is 0 Å². The number of likely N-dealkylation sites (tertiary alicyclic amines) is 1. The molecule has 0 saturated carbocycles. The Balaban J connectivity index is 2.84. The van der Waals surface area contributed by atoms with Crippen LogP contribution >= 0.6 is 23.5 Å². The summed E-state index contributed by atoms with van der Waals surface area (Å²) in [7, 11) is 0. The predicted molar refractivity (Wildman–Crippen MR) is 131 cm³/mol. The summed E-state index contributed by atoms with van der Waals surface area (Å²) in [6, 6.07) is -3.04. The first-order valence-electron chi connectivity index (χ1n) is 10.8. The summed E-state index contributed by atoms with van der Waals surface area (Å²) in [4.78, 5) is 62.9. The number of hydrogen-bond donors (Lipinski definition) is 5. The van der Waals surface area contributed by atoms with Crippen LogP contribution in [0.2, 0.25) is 0 Å². The van der Waals surface area contributed by atoms with Crippen LogP contribution in [0, 0.1) is 0 Å². The van der Waals surface area contributed by atoms with Crippen molar-refractivity contribution in [3.63, 3.8) is 0 Å². The molecule has 0 spiro atoms. The Hall–Kier alpha value is -2.15. The first-order valence-corrected chi connectivity index (χ1v) is 13.6. The Morgan fingerprint density at radius 2 is 1.73 bits per heavy atom. The molecule has 0 aromatic rings. The number of carbonyl (C=O) groups is 5. The molecule has 0 aromatic carbocycles. The SMILES string of the molecule is CSCC(=O)NCCCC(NC(=O)C1C(NC(=O)NC(C)C)CCN1C(=O)CSC)C(N)=O. The fourth-order valence-electron chi connectivity index (χ4n) is 3.48. The van der Waals surface area contributed by atoms with Gasteiger partial charge in [-0.25, -0.2) is 4.79 Å². The van der Waals surface area contributed by atoms with Gasteiger partial charge in [-0.05, 0) is 45.6 Å². The summed E-state index contributed by atoms with van der Waals surface area (Å²) < 4.78 is 0. The minimum Gasteiger partial charge on any atom is -0.368 e. The third-order valence-corrected chi connectivity index (χ3v) is 6.00. The number of nitrogens with two attached hydrogens (primary N) is 1. The zero-order chi connectivity index (χ0) is 25.0. The second kappa shape index (κ2) is 14.9. The fraction of sp³-hybridized carbons (Fsp3) is 0.750. The maximum atomic E-state index is 13.2. The number of rotatable bonds is 13. The van der Waals surface area contributed by atoms with Crippen LogP contribution in [0.1, 0.15) is 33.1 Å². The lowest BCUT2D eigenvalue weighted by molar-refractivity contribution is -0.138. The highest BCUT2D eigenvalue weighted by Gasteiger charge is 2.43. The summed E-state index contributed by atoms with van der Waals surface area (Å²) in [5, 5.41) is 10.9. The Morgan fingerprint density at radius 1 is 1.06 bits per heavy atom. The van der Waals surface area contributed by atoms with Gasteiger partial charge in [0, 0.05) is 19.1 Å². The van der Waals surface area contributed by atoms with Crippen molar-refractivity contribution in [3.05, 3.63) is 0 Å². The second-order valence-electron chi connectivity index (χ2n) is 8.02. The number of carbonyl (C=O) groups excluding carboxylic acids is 5. The Bertz CT molecular complexity index is 708. The molecule has 1 aliphatic rings. The van der Waals surface area contributed by atoms with E-state index in [-0.39, 0.29) is 30.0 Å². The smallest absolute Gasteiger partial charge is 0.315 e. The highest BCUT2D eigenvalue weighted by atomic mass is 32.2. The summed E-state index contributed by atoms with van der Waals surface area (Å²) in [6.07, 6.45) is 4.69. The maximum absolute atomic E-state index is 13.2. The fourth-order valence-corrected chi connectivity index (χ4v) is 4.26. The average Bonchev–Trinajstić information content (AvgIpc) is 3.13. The van der Waals surface area contributed by atoms with Crippen LogP contribution < -0.4 is 27.0 Å². The topological polar surface area (TPSA) is 163 Å². The number of primary amides is 1. The molecule has 1 saturated heterocycles. The average molecular weight is 505 g/mol. The lowest BCUT2D eigenvalue weighted by Gasteiger charge is -2.29. The van der Waals surface area contributed by atoms with Crippen molar-refractivity contribution in [3.8, 4) is 0 Å². The number of thioether (sulfide) groups is 2. The number of nitrogens with one attached hydrogen (secondary N) is 4. The van der Waals surface area contributed by atoms with Crippen molar-refractivity contribution in [1.29, 1.82) is 0 Å². The summed E-state index contributed by atoms with van der Waals surface area (Å²) in [5.74, 6) is -1.04. The number of urea groups is 1. The van der Waals surface area contributed by atoms with E-state index >= 15 is 0 Å². The van der Waals surface area contributed by atoms with Crippen molar-refractivity contribution in [1.82, 2.24) is 26.2 Å². The van der Waals surface area contributed by atoms with E-state index in [4.69, 9.17) is 5.73 Å². The Morgan fingerprint density at radius 3 is 2.30 bits per heavy atom. The molecule has 3 atom stereocenters. The first-order chi connectivity index (χ1) is 15.6. The molecule has 1 fully saturated rings. The van der Waals surface area contributed by atoms with Gasteiger partial charge in [0.2, 0.25) is 23.6 Å². The van der Waals surface area contributed by atoms with Gasteiger partial charge in [-0.15, -0.1) is 0 Å². The van der Waals surface area contributed by atoms with Crippen LogP contribution in [0.3, 0.4) is 0 Å². The van der Waals surface area contributed by atoms with Gasteiger partial charge in [-0.1, -0.05) is 0 Å². The molecule has 3 unspecified atom stereocenters. The Kier molecular flexibility index (Phi) is 13.0. The summed E-state index contributed by atoms with van der Waals surface area (Å²) >= 11 is 2.74. The van der Waals surface area contributed by atoms with Crippen LogP contribution in [0.25, 0.3) is 0 Å². The Labute approximate surface area is 203 Å². The highest BCUT2D eigenvalue weighted by Crippen LogP contribution is 2.20. The molecule has 1 heterocycles. The molecule has 11 nitrogen and oxygen atoms in total. The molecule has 188 valence electrons. The van der Waals surface area contributed by atoms with Crippen molar-refractivity contribution >= 4 is 53.2 Å². The van der Waals surface area contributed by atoms with E-state index in [2.05, 4.69) is 21.3 Å². The number of hydrogen-bond acceptors (Lipinski definition) is 7. The predicted octanol–water partition coefficient (Wildman–Crippen LogP) is -0.744. The normalized spacial score (nSPS) is 18.5. The monoisotopic (exact) mass is 504 g/mol. The number of amides is 6.